The number of carbonyl (C=O) groups is 1. The van der Waals surface area contributed by atoms with E-state index in [-0.39, 0.29) is 24.2 Å². The average Bonchev–Trinajstić information content (AvgIpc) is 3.05. The molecule has 2 N–H and O–H groups in total. The molecule has 2 heterocycles. The summed E-state index contributed by atoms with van der Waals surface area (Å²) in [6.45, 7) is 2.03. The molecule has 1 aliphatic heterocycles. The second-order valence-corrected chi connectivity index (χ2v) is 5.51. The van der Waals surface area contributed by atoms with E-state index >= 15 is 0 Å². The molecule has 0 bridgehead atoms. The predicted molar refractivity (Wildman–Crippen MR) is 80.7 cm³/mol. The molecule has 1 saturated heterocycles. The van der Waals surface area contributed by atoms with Crippen LogP contribution in [0.4, 0.5) is 4.39 Å². The van der Waals surface area contributed by atoms with Gasteiger partial charge in [-0.3, -0.25) is 9.69 Å². The zero-order chi connectivity index (χ0) is 16.2. The molecule has 1 aromatic carbocycles. The molecule has 3 rings (SSSR count). The zero-order valence-electron chi connectivity index (χ0n) is 12.6. The lowest BCUT2D eigenvalue weighted by Crippen LogP contribution is -2.46. The van der Waals surface area contributed by atoms with E-state index in [0.29, 0.717) is 43.3 Å². The number of aromatic nitrogens is 1. The van der Waals surface area contributed by atoms with Gasteiger partial charge in [0.25, 0.3) is 0 Å². The molecule has 0 saturated carbocycles. The van der Waals surface area contributed by atoms with Crippen LogP contribution in [0.2, 0.25) is 0 Å². The summed E-state index contributed by atoms with van der Waals surface area (Å²) in [5, 5.41) is 0. The van der Waals surface area contributed by atoms with Crippen LogP contribution >= 0.6 is 0 Å². The van der Waals surface area contributed by atoms with Gasteiger partial charge in [0, 0.05) is 36.7 Å². The number of hydrogen-bond acceptors (Lipinski definition) is 5. The largest absolute Gasteiger partial charge is 0.445 e. The molecule has 1 aliphatic rings. The van der Waals surface area contributed by atoms with E-state index in [1.165, 1.54) is 18.5 Å². The number of nitrogens with zero attached hydrogens (tertiary/aromatic N) is 2. The van der Waals surface area contributed by atoms with Gasteiger partial charge in [-0.05, 0) is 12.1 Å². The first-order valence-electron chi connectivity index (χ1n) is 7.42. The Hall–Kier alpha value is -2.25. The number of ether oxygens (including phenoxy) is 1. The number of halogens is 1. The molecule has 1 atom stereocenters. The van der Waals surface area contributed by atoms with Crippen LogP contribution in [0.5, 0.6) is 0 Å². The van der Waals surface area contributed by atoms with Crippen molar-refractivity contribution in [2.24, 2.45) is 5.73 Å². The fourth-order valence-electron chi connectivity index (χ4n) is 2.71. The maximum Gasteiger partial charge on any atom is 0.225 e. The number of amides is 1. The van der Waals surface area contributed by atoms with Crippen LogP contribution in [0, 0.1) is 5.82 Å². The van der Waals surface area contributed by atoms with Gasteiger partial charge < -0.3 is 14.9 Å². The Morgan fingerprint density at radius 2 is 2.35 bits per heavy atom. The van der Waals surface area contributed by atoms with Crippen molar-refractivity contribution < 1.29 is 18.3 Å². The average molecular weight is 319 g/mol. The van der Waals surface area contributed by atoms with Crippen molar-refractivity contribution in [3.63, 3.8) is 0 Å². The summed E-state index contributed by atoms with van der Waals surface area (Å²) in [7, 11) is 0. The smallest absolute Gasteiger partial charge is 0.225 e. The van der Waals surface area contributed by atoms with Gasteiger partial charge in [-0.25, -0.2) is 9.37 Å². The number of carbonyl (C=O) groups excluding carboxylic acids is 1. The second-order valence-electron chi connectivity index (χ2n) is 5.51. The van der Waals surface area contributed by atoms with Crippen molar-refractivity contribution in [3.8, 4) is 11.5 Å². The lowest BCUT2D eigenvalue weighted by molar-refractivity contribution is -0.121. The molecular formula is C16H18FN3O3. The summed E-state index contributed by atoms with van der Waals surface area (Å²) in [4.78, 5) is 17.2. The van der Waals surface area contributed by atoms with Gasteiger partial charge in [-0.15, -0.1) is 0 Å². The lowest BCUT2D eigenvalue weighted by atomic mass is 10.1. The topological polar surface area (TPSA) is 81.6 Å². The first-order chi connectivity index (χ1) is 11.1. The fraction of sp³-hybridized carbons (Fsp3) is 0.375. The molecule has 122 valence electrons. The number of rotatable bonds is 5. The van der Waals surface area contributed by atoms with E-state index < -0.39 is 0 Å². The SMILES string of the molecule is NC(=O)CC1COCCN1Cc1ccc(-c2ncco2)cc1F. The first kappa shape index (κ1) is 15.6. The summed E-state index contributed by atoms with van der Waals surface area (Å²) in [5.74, 6) is -0.330. The Balaban J connectivity index is 1.75. The predicted octanol–water partition coefficient (Wildman–Crippen LogP) is 1.56. The molecule has 1 amide bonds. The van der Waals surface area contributed by atoms with Gasteiger partial charge in [-0.1, -0.05) is 6.07 Å². The van der Waals surface area contributed by atoms with Crippen LogP contribution in [-0.4, -0.2) is 41.6 Å². The molecule has 1 aromatic heterocycles. The highest BCUT2D eigenvalue weighted by molar-refractivity contribution is 5.74. The number of oxazole rings is 1. The van der Waals surface area contributed by atoms with Crippen molar-refractivity contribution >= 4 is 5.91 Å². The standard InChI is InChI=1S/C16H18FN3O3/c17-14-7-11(16-19-3-5-23-16)1-2-12(14)9-20-4-6-22-10-13(20)8-15(18)21/h1-3,5,7,13H,4,6,8-10H2,(H2,18,21). The summed E-state index contributed by atoms with van der Waals surface area (Å²) < 4.78 is 24.9. The Labute approximate surface area is 133 Å². The third-order valence-electron chi connectivity index (χ3n) is 3.89. The third-order valence-corrected chi connectivity index (χ3v) is 3.89. The molecule has 0 aliphatic carbocycles. The molecule has 1 fully saturated rings. The van der Waals surface area contributed by atoms with Crippen molar-refractivity contribution in [2.45, 2.75) is 19.0 Å². The van der Waals surface area contributed by atoms with Crippen LogP contribution in [0.15, 0.2) is 35.1 Å². The van der Waals surface area contributed by atoms with Crippen molar-refractivity contribution in [1.29, 1.82) is 0 Å². The van der Waals surface area contributed by atoms with Crippen molar-refractivity contribution in [1.82, 2.24) is 9.88 Å². The van der Waals surface area contributed by atoms with E-state index in [9.17, 15) is 9.18 Å². The Morgan fingerprint density at radius 3 is 3.04 bits per heavy atom. The van der Waals surface area contributed by atoms with Crippen LogP contribution in [0.3, 0.4) is 0 Å². The minimum Gasteiger partial charge on any atom is -0.445 e. The lowest BCUT2D eigenvalue weighted by Gasteiger charge is -2.35. The number of primary amides is 1. The molecule has 1 unspecified atom stereocenters. The quantitative estimate of drug-likeness (QED) is 0.904. The normalized spacial score (nSPS) is 18.9. The summed E-state index contributed by atoms with van der Waals surface area (Å²) in [5.41, 5.74) is 6.41. The van der Waals surface area contributed by atoms with Crippen LogP contribution in [0.25, 0.3) is 11.5 Å². The first-order valence-corrected chi connectivity index (χ1v) is 7.42. The highest BCUT2D eigenvalue weighted by Gasteiger charge is 2.25. The van der Waals surface area contributed by atoms with Gasteiger partial charge in [0.2, 0.25) is 11.8 Å². The van der Waals surface area contributed by atoms with Gasteiger partial charge in [0.1, 0.15) is 12.1 Å². The zero-order valence-corrected chi connectivity index (χ0v) is 12.6. The van der Waals surface area contributed by atoms with E-state index in [1.807, 2.05) is 4.90 Å². The van der Waals surface area contributed by atoms with Gasteiger partial charge in [0.15, 0.2) is 0 Å². The summed E-state index contributed by atoms with van der Waals surface area (Å²) >= 11 is 0. The molecule has 6 nitrogen and oxygen atoms in total. The van der Waals surface area contributed by atoms with Crippen LogP contribution in [0.1, 0.15) is 12.0 Å². The van der Waals surface area contributed by atoms with E-state index in [1.54, 1.807) is 12.1 Å². The van der Waals surface area contributed by atoms with Gasteiger partial charge in [0.05, 0.1) is 19.4 Å². The highest BCUT2D eigenvalue weighted by Crippen LogP contribution is 2.22. The van der Waals surface area contributed by atoms with E-state index in [2.05, 4.69) is 4.98 Å². The van der Waals surface area contributed by atoms with Gasteiger partial charge >= 0.3 is 0 Å². The molecular weight excluding hydrogens is 301 g/mol. The van der Waals surface area contributed by atoms with E-state index in [0.717, 1.165) is 0 Å². The number of hydrogen-bond donors (Lipinski definition) is 1. The van der Waals surface area contributed by atoms with Crippen molar-refractivity contribution in [3.05, 3.63) is 42.0 Å². The number of morpholine rings is 1. The number of benzene rings is 1. The van der Waals surface area contributed by atoms with Crippen molar-refractivity contribution in [2.75, 3.05) is 19.8 Å². The van der Waals surface area contributed by atoms with E-state index in [4.69, 9.17) is 14.9 Å². The fourth-order valence-corrected chi connectivity index (χ4v) is 2.71. The monoisotopic (exact) mass is 319 g/mol. The third kappa shape index (κ3) is 3.75. The molecule has 0 spiro atoms. The molecule has 0 radical (unpaired) electrons. The highest BCUT2D eigenvalue weighted by atomic mass is 19.1. The Morgan fingerprint density at radius 1 is 1.48 bits per heavy atom. The summed E-state index contributed by atoms with van der Waals surface area (Å²) in [6.07, 6.45) is 3.17. The molecule has 23 heavy (non-hydrogen) atoms. The molecule has 7 heteroatoms. The summed E-state index contributed by atoms with van der Waals surface area (Å²) in [6, 6.07) is 4.77. The maximum absolute atomic E-state index is 14.4. The maximum atomic E-state index is 14.4. The molecule has 2 aromatic rings. The number of nitrogens with two attached hydrogens (primary N) is 1. The minimum absolute atomic E-state index is 0.118. The second kappa shape index (κ2) is 6.89. The van der Waals surface area contributed by atoms with Gasteiger partial charge in [-0.2, -0.15) is 0 Å². The van der Waals surface area contributed by atoms with Crippen LogP contribution < -0.4 is 5.73 Å². The van der Waals surface area contributed by atoms with Crippen LogP contribution in [-0.2, 0) is 16.1 Å². The Kier molecular flexibility index (Phi) is 4.68. The minimum atomic E-state index is -0.384. The Bertz CT molecular complexity index is 675.